The molecule has 0 bridgehead atoms. The van der Waals surface area contributed by atoms with E-state index in [0.29, 0.717) is 34.4 Å². The third-order valence-corrected chi connectivity index (χ3v) is 7.69. The van der Waals surface area contributed by atoms with Gasteiger partial charge in [0.15, 0.2) is 5.78 Å². The van der Waals surface area contributed by atoms with Crippen molar-refractivity contribution in [3.63, 3.8) is 0 Å². The van der Waals surface area contributed by atoms with Crippen molar-refractivity contribution >= 4 is 17.4 Å². The zero-order valence-corrected chi connectivity index (χ0v) is 24.2. The van der Waals surface area contributed by atoms with Gasteiger partial charge in [-0.1, -0.05) is 134 Å². The minimum absolute atomic E-state index is 0.0749. The molecule has 0 radical (unpaired) electrons. The van der Waals surface area contributed by atoms with Crippen LogP contribution in [0.4, 0.5) is 0 Å². The molecule has 2 aromatic carbocycles. The van der Waals surface area contributed by atoms with Crippen LogP contribution in [0.3, 0.4) is 0 Å². The van der Waals surface area contributed by atoms with Gasteiger partial charge in [-0.25, -0.2) is 0 Å². The molecule has 36 heavy (non-hydrogen) atoms. The maximum atomic E-state index is 12.8. The van der Waals surface area contributed by atoms with Crippen LogP contribution in [0.2, 0.25) is 5.02 Å². The monoisotopic (exact) mass is 512 g/mol. The largest absolute Gasteiger partial charge is 0.494 e. The first-order valence-corrected chi connectivity index (χ1v) is 14.7. The van der Waals surface area contributed by atoms with E-state index in [0.717, 1.165) is 24.2 Å². The molecule has 1 unspecified atom stereocenters. The van der Waals surface area contributed by atoms with Crippen LogP contribution in [0, 0.1) is 23.7 Å². The lowest BCUT2D eigenvalue weighted by molar-refractivity contribution is 0.103. The molecule has 0 spiro atoms. The summed E-state index contributed by atoms with van der Waals surface area (Å²) < 4.78 is 5.99. The quantitative estimate of drug-likeness (QED) is 0.186. The second-order valence-electron chi connectivity index (χ2n) is 11.5. The van der Waals surface area contributed by atoms with Crippen LogP contribution in [0.5, 0.6) is 5.75 Å². The highest BCUT2D eigenvalue weighted by molar-refractivity contribution is 6.35. The predicted molar refractivity (Wildman–Crippen MR) is 155 cm³/mol. The molecule has 3 heteroatoms. The highest BCUT2D eigenvalue weighted by atomic mass is 35.5. The van der Waals surface area contributed by atoms with Crippen molar-refractivity contribution in [2.24, 2.45) is 23.7 Å². The SMILES string of the molecule is CC(C)CCC[C@@H](C)CCC[C@@H](C)CCCC(C)CCOc1ccc(Cl)c(C(=O)c2ccccc2)c1. The van der Waals surface area contributed by atoms with Gasteiger partial charge >= 0.3 is 0 Å². The molecule has 0 aromatic heterocycles. The Morgan fingerprint density at radius 1 is 0.722 bits per heavy atom. The molecule has 3 atom stereocenters. The summed E-state index contributed by atoms with van der Waals surface area (Å²) in [4.78, 5) is 12.8. The molecule has 0 aliphatic rings. The van der Waals surface area contributed by atoms with E-state index < -0.39 is 0 Å². The smallest absolute Gasteiger partial charge is 0.194 e. The van der Waals surface area contributed by atoms with E-state index in [9.17, 15) is 4.79 Å². The fourth-order valence-corrected chi connectivity index (χ4v) is 5.03. The molecule has 0 saturated heterocycles. The Morgan fingerprint density at radius 3 is 1.81 bits per heavy atom. The summed E-state index contributed by atoms with van der Waals surface area (Å²) in [5, 5.41) is 0.458. The van der Waals surface area contributed by atoms with Gasteiger partial charge in [0.1, 0.15) is 5.75 Å². The summed E-state index contributed by atoms with van der Waals surface area (Å²) in [7, 11) is 0. The van der Waals surface area contributed by atoms with Crippen molar-refractivity contribution in [2.45, 2.75) is 98.8 Å². The molecule has 0 heterocycles. The van der Waals surface area contributed by atoms with E-state index >= 15 is 0 Å². The van der Waals surface area contributed by atoms with E-state index in [-0.39, 0.29) is 5.78 Å². The van der Waals surface area contributed by atoms with Gasteiger partial charge < -0.3 is 4.74 Å². The van der Waals surface area contributed by atoms with Crippen LogP contribution in [0.1, 0.15) is 115 Å². The molecule has 0 aliphatic carbocycles. The van der Waals surface area contributed by atoms with E-state index in [1.54, 1.807) is 12.1 Å². The van der Waals surface area contributed by atoms with Crippen molar-refractivity contribution in [2.75, 3.05) is 6.61 Å². The summed E-state index contributed by atoms with van der Waals surface area (Å²) in [6.45, 7) is 12.5. The second-order valence-corrected chi connectivity index (χ2v) is 11.9. The Kier molecular flexibility index (Phi) is 14.2. The number of hydrogen-bond acceptors (Lipinski definition) is 2. The first kappa shape index (κ1) is 30.4. The number of ether oxygens (including phenoxy) is 1. The third kappa shape index (κ3) is 12.0. The van der Waals surface area contributed by atoms with Gasteiger partial charge in [0.25, 0.3) is 0 Å². The van der Waals surface area contributed by atoms with E-state index in [1.165, 1.54) is 57.8 Å². The van der Waals surface area contributed by atoms with Gasteiger partial charge in [0, 0.05) is 11.1 Å². The van der Waals surface area contributed by atoms with Crippen LogP contribution in [-0.4, -0.2) is 12.4 Å². The first-order valence-electron chi connectivity index (χ1n) is 14.3. The van der Waals surface area contributed by atoms with Crippen LogP contribution in [0.25, 0.3) is 0 Å². The lowest BCUT2D eigenvalue weighted by Gasteiger charge is -2.16. The Balaban J connectivity index is 1.62. The Bertz CT molecular complexity index is 877. The zero-order chi connectivity index (χ0) is 26.3. The zero-order valence-electron chi connectivity index (χ0n) is 23.4. The van der Waals surface area contributed by atoms with Crippen molar-refractivity contribution in [3.8, 4) is 5.75 Å². The lowest BCUT2D eigenvalue weighted by atomic mass is 9.91. The van der Waals surface area contributed by atoms with E-state index in [1.807, 2.05) is 36.4 Å². The topological polar surface area (TPSA) is 26.3 Å². The number of rotatable bonds is 18. The molecular weight excluding hydrogens is 464 g/mol. The van der Waals surface area contributed by atoms with Gasteiger partial charge in [-0.15, -0.1) is 0 Å². The molecule has 0 amide bonds. The summed E-state index contributed by atoms with van der Waals surface area (Å²) in [5.41, 5.74) is 1.13. The predicted octanol–water partition coefficient (Wildman–Crippen LogP) is 10.4. The number of carbonyl (C=O) groups excluding carboxylic acids is 1. The Hall–Kier alpha value is -1.80. The van der Waals surface area contributed by atoms with Crippen LogP contribution >= 0.6 is 11.6 Å². The van der Waals surface area contributed by atoms with Crippen molar-refractivity contribution in [1.29, 1.82) is 0 Å². The minimum Gasteiger partial charge on any atom is -0.494 e. The van der Waals surface area contributed by atoms with E-state index in [2.05, 4.69) is 34.6 Å². The minimum atomic E-state index is -0.0749. The molecule has 2 rings (SSSR count). The maximum Gasteiger partial charge on any atom is 0.194 e. The number of carbonyl (C=O) groups is 1. The van der Waals surface area contributed by atoms with Gasteiger partial charge in [-0.05, 0) is 48.3 Å². The third-order valence-electron chi connectivity index (χ3n) is 7.36. The van der Waals surface area contributed by atoms with Gasteiger partial charge in [-0.3, -0.25) is 4.79 Å². The average Bonchev–Trinajstić information content (AvgIpc) is 2.85. The Labute approximate surface area is 226 Å². The summed E-state index contributed by atoms with van der Waals surface area (Å²) >= 11 is 6.31. The van der Waals surface area contributed by atoms with Crippen LogP contribution in [-0.2, 0) is 0 Å². The fourth-order valence-electron chi connectivity index (χ4n) is 4.83. The molecule has 0 saturated carbocycles. The highest BCUT2D eigenvalue weighted by Gasteiger charge is 2.14. The van der Waals surface area contributed by atoms with Gasteiger partial charge in [0.2, 0.25) is 0 Å². The second kappa shape index (κ2) is 16.8. The summed E-state index contributed by atoms with van der Waals surface area (Å²) in [5.74, 6) is 3.81. The molecular formula is C33H49ClO2. The molecule has 2 nitrogen and oxygen atoms in total. The number of hydrogen-bond donors (Lipinski definition) is 0. The number of ketones is 1. The molecule has 200 valence electrons. The van der Waals surface area contributed by atoms with Crippen LogP contribution in [0.15, 0.2) is 48.5 Å². The van der Waals surface area contributed by atoms with Gasteiger partial charge in [0.05, 0.1) is 11.6 Å². The molecule has 2 aromatic rings. The molecule has 0 aliphatic heterocycles. The maximum absolute atomic E-state index is 12.8. The Morgan fingerprint density at radius 2 is 1.25 bits per heavy atom. The van der Waals surface area contributed by atoms with E-state index in [4.69, 9.17) is 16.3 Å². The standard InChI is InChI=1S/C33H49ClO2/c1-25(2)12-9-13-26(3)14-10-15-27(4)16-11-17-28(5)22-23-36-30-20-21-32(34)31(24-30)33(35)29-18-7-6-8-19-29/h6-8,18-21,24-28H,9-17,22-23H2,1-5H3/t26-,27-,28?/m1/s1. The highest BCUT2D eigenvalue weighted by Crippen LogP contribution is 2.26. The molecule has 0 fully saturated rings. The van der Waals surface area contributed by atoms with Crippen molar-refractivity contribution in [1.82, 2.24) is 0 Å². The van der Waals surface area contributed by atoms with Gasteiger partial charge in [-0.2, -0.15) is 0 Å². The fraction of sp³-hybridized carbons (Fsp3) is 0.606. The molecule has 0 N–H and O–H groups in total. The van der Waals surface area contributed by atoms with Crippen LogP contribution < -0.4 is 4.74 Å². The van der Waals surface area contributed by atoms with Crippen molar-refractivity contribution in [3.05, 3.63) is 64.7 Å². The number of halogens is 1. The average molecular weight is 513 g/mol. The lowest BCUT2D eigenvalue weighted by Crippen LogP contribution is -2.07. The normalized spacial score (nSPS) is 14.0. The first-order chi connectivity index (χ1) is 17.3. The number of benzene rings is 2. The summed E-state index contributed by atoms with van der Waals surface area (Å²) in [6.07, 6.45) is 13.2. The summed E-state index contributed by atoms with van der Waals surface area (Å²) in [6, 6.07) is 14.6. The van der Waals surface area contributed by atoms with Crippen molar-refractivity contribution < 1.29 is 9.53 Å².